The Balaban J connectivity index is 1.88. The summed E-state index contributed by atoms with van der Waals surface area (Å²) in [7, 11) is 0. The minimum absolute atomic E-state index is 0.653. The maximum absolute atomic E-state index is 6.79. The molecule has 0 aliphatic carbocycles. The summed E-state index contributed by atoms with van der Waals surface area (Å²) in [4.78, 5) is 7.78. The highest BCUT2D eigenvalue weighted by molar-refractivity contribution is 6.08. The molecule has 114 valence electrons. The highest BCUT2D eigenvalue weighted by Gasteiger charge is 2.09. The van der Waals surface area contributed by atoms with Crippen molar-refractivity contribution in [1.29, 1.82) is 5.53 Å². The number of fused-ring (bicyclic) bond motifs is 2. The molecule has 0 atom stereocenters. The number of rotatable bonds is 3. The van der Waals surface area contributed by atoms with E-state index in [-0.39, 0.29) is 0 Å². The molecule has 0 saturated carbocycles. The van der Waals surface area contributed by atoms with Gasteiger partial charge in [-0.2, -0.15) is 0 Å². The molecule has 4 rings (SSSR count). The van der Waals surface area contributed by atoms with E-state index >= 15 is 0 Å². The molecule has 0 aliphatic rings. The van der Waals surface area contributed by atoms with Crippen LogP contribution in [0.4, 0.5) is 17.1 Å². The van der Waals surface area contributed by atoms with Crippen molar-refractivity contribution in [1.82, 2.24) is 9.90 Å². The minimum Gasteiger partial charge on any atom is -0.354 e. The van der Waals surface area contributed by atoms with Crippen LogP contribution < -0.4 is 10.2 Å². The first kappa shape index (κ1) is 14.1. The predicted molar refractivity (Wildman–Crippen MR) is 95.9 cm³/mol. The van der Waals surface area contributed by atoms with E-state index in [9.17, 15) is 0 Å². The van der Waals surface area contributed by atoms with Crippen LogP contribution in [-0.2, 0) is 0 Å². The van der Waals surface area contributed by atoms with Crippen molar-refractivity contribution >= 4 is 38.9 Å². The highest BCUT2D eigenvalue weighted by atomic mass is 15.1. The molecule has 0 saturated heterocycles. The number of anilines is 2. The van der Waals surface area contributed by atoms with Crippen LogP contribution in [0.5, 0.6) is 0 Å². The fourth-order valence-corrected chi connectivity index (χ4v) is 2.79. The summed E-state index contributed by atoms with van der Waals surface area (Å²) >= 11 is 0. The standard InChI is InChI=1S/C19H13N5/c20-24-23-14-11-9-13(10-12-14)21-19-15-5-1-3-7-17(15)22-18-8-4-2-6-16(18)19/h1-12,20H/p+1. The number of nitrogens with zero attached hydrogens (tertiary/aromatic N) is 3. The van der Waals surface area contributed by atoms with Crippen molar-refractivity contribution in [3.05, 3.63) is 72.8 Å². The number of para-hydroxylation sites is 2. The summed E-state index contributed by atoms with van der Waals surface area (Å²) in [6, 6.07) is 23.7. The zero-order valence-electron chi connectivity index (χ0n) is 12.8. The number of benzene rings is 3. The Labute approximate surface area is 138 Å². The first-order valence-electron chi connectivity index (χ1n) is 7.57. The Bertz CT molecular complexity index is 1030. The summed E-state index contributed by atoms with van der Waals surface area (Å²) in [6.07, 6.45) is 0. The maximum atomic E-state index is 6.79. The van der Waals surface area contributed by atoms with E-state index in [0.29, 0.717) is 5.69 Å². The molecular weight excluding hydrogens is 298 g/mol. The number of nitrogens with one attached hydrogen (secondary N) is 2. The summed E-state index contributed by atoms with van der Waals surface area (Å²) < 4.78 is 0. The fourth-order valence-electron chi connectivity index (χ4n) is 2.79. The van der Waals surface area contributed by atoms with Gasteiger partial charge in [-0.15, -0.1) is 0 Å². The molecular formula is C19H14N5+. The zero-order chi connectivity index (χ0) is 16.4. The van der Waals surface area contributed by atoms with Crippen LogP contribution in [0, 0.1) is 5.53 Å². The van der Waals surface area contributed by atoms with E-state index in [1.165, 1.54) is 0 Å². The molecule has 5 nitrogen and oxygen atoms in total. The Kier molecular flexibility index (Phi) is 3.46. The third-order valence-electron chi connectivity index (χ3n) is 3.89. The molecule has 4 aromatic rings. The number of pyridine rings is 1. The lowest BCUT2D eigenvalue weighted by atomic mass is 10.1. The van der Waals surface area contributed by atoms with Gasteiger partial charge < -0.3 is 5.32 Å². The second kappa shape index (κ2) is 5.91. The van der Waals surface area contributed by atoms with Gasteiger partial charge in [0.1, 0.15) is 5.53 Å². The van der Waals surface area contributed by atoms with Crippen LogP contribution in [0.3, 0.4) is 0 Å². The van der Waals surface area contributed by atoms with Gasteiger partial charge >= 0.3 is 0 Å². The Morgan fingerprint density at radius 1 is 0.792 bits per heavy atom. The van der Waals surface area contributed by atoms with Crippen molar-refractivity contribution < 1.29 is 0 Å². The lowest BCUT2D eigenvalue weighted by molar-refractivity contribution is 0.992. The van der Waals surface area contributed by atoms with Crippen LogP contribution in [0.25, 0.3) is 21.8 Å². The lowest BCUT2D eigenvalue weighted by Gasteiger charge is -2.13. The molecule has 0 fully saturated rings. The Morgan fingerprint density at radius 2 is 1.38 bits per heavy atom. The zero-order valence-corrected chi connectivity index (χ0v) is 12.8. The smallest absolute Gasteiger partial charge is 0.220 e. The summed E-state index contributed by atoms with van der Waals surface area (Å²) in [5.41, 5.74) is 11.3. The molecule has 24 heavy (non-hydrogen) atoms. The third-order valence-corrected chi connectivity index (χ3v) is 3.89. The van der Waals surface area contributed by atoms with Gasteiger partial charge in [0.05, 0.1) is 16.7 Å². The van der Waals surface area contributed by atoms with Gasteiger partial charge in [-0.25, -0.2) is 4.98 Å². The van der Waals surface area contributed by atoms with E-state index in [0.717, 1.165) is 33.2 Å². The first-order chi connectivity index (χ1) is 11.8. The second-order valence-corrected chi connectivity index (χ2v) is 5.39. The summed E-state index contributed by atoms with van der Waals surface area (Å²) in [5, 5.41) is 9.36. The average molecular weight is 312 g/mol. The topological polar surface area (TPSA) is 75.2 Å². The van der Waals surface area contributed by atoms with Crippen LogP contribution >= 0.6 is 0 Å². The number of hydrogen-bond acceptors (Lipinski definition) is 4. The molecule has 2 N–H and O–H groups in total. The normalized spacial score (nSPS) is 10.5. The Morgan fingerprint density at radius 3 is 1.96 bits per heavy atom. The van der Waals surface area contributed by atoms with Gasteiger partial charge in [-0.05, 0) is 36.4 Å². The van der Waals surface area contributed by atoms with Crippen molar-refractivity contribution in [3.63, 3.8) is 0 Å². The van der Waals surface area contributed by atoms with Gasteiger partial charge in [0.2, 0.25) is 4.91 Å². The van der Waals surface area contributed by atoms with E-state index in [1.54, 1.807) is 0 Å². The monoisotopic (exact) mass is 312 g/mol. The van der Waals surface area contributed by atoms with Crippen LogP contribution in [0.1, 0.15) is 0 Å². The number of hydrogen-bond donors (Lipinski definition) is 2. The minimum atomic E-state index is 0.653. The molecule has 0 spiro atoms. The van der Waals surface area contributed by atoms with Crippen molar-refractivity contribution in [2.45, 2.75) is 0 Å². The van der Waals surface area contributed by atoms with Gasteiger partial charge in [-0.1, -0.05) is 36.4 Å². The largest absolute Gasteiger partial charge is 0.354 e. The van der Waals surface area contributed by atoms with Gasteiger partial charge in [0.25, 0.3) is 0 Å². The van der Waals surface area contributed by atoms with Crippen LogP contribution in [0.15, 0.2) is 77.9 Å². The van der Waals surface area contributed by atoms with Crippen molar-refractivity contribution in [2.24, 2.45) is 5.11 Å². The molecule has 5 heteroatoms. The SMILES string of the molecule is N=[N+]=Nc1ccc(Nc2c3ccccc3nc3ccccc23)cc1. The summed E-state index contributed by atoms with van der Waals surface area (Å²) in [6.45, 7) is 0. The molecule has 3 aromatic carbocycles. The Hall–Kier alpha value is -3.56. The maximum Gasteiger partial charge on any atom is 0.220 e. The summed E-state index contributed by atoms with van der Waals surface area (Å²) in [5.74, 6) is 0. The quantitative estimate of drug-likeness (QED) is 0.305. The van der Waals surface area contributed by atoms with E-state index < -0.39 is 0 Å². The third kappa shape index (κ3) is 2.49. The van der Waals surface area contributed by atoms with Crippen molar-refractivity contribution in [2.75, 3.05) is 5.32 Å². The highest BCUT2D eigenvalue weighted by Crippen LogP contribution is 2.33. The molecule has 1 heterocycles. The first-order valence-corrected chi connectivity index (χ1v) is 7.57. The molecule has 0 aliphatic heterocycles. The van der Waals surface area contributed by atoms with Crippen LogP contribution in [-0.4, -0.2) is 4.98 Å². The average Bonchev–Trinajstić information content (AvgIpc) is 2.63. The van der Waals surface area contributed by atoms with Gasteiger partial charge in [-0.3, -0.25) is 0 Å². The van der Waals surface area contributed by atoms with E-state index in [1.807, 2.05) is 60.7 Å². The molecule has 0 unspecified atom stereocenters. The fraction of sp³-hybridized carbons (Fsp3) is 0. The number of aromatic nitrogens is 1. The van der Waals surface area contributed by atoms with Crippen LogP contribution in [0.2, 0.25) is 0 Å². The van der Waals surface area contributed by atoms with Gasteiger partial charge in [0.15, 0.2) is 10.8 Å². The molecule has 0 radical (unpaired) electrons. The molecule has 1 aromatic heterocycles. The predicted octanol–water partition coefficient (Wildman–Crippen LogP) is 5.31. The second-order valence-electron chi connectivity index (χ2n) is 5.39. The lowest BCUT2D eigenvalue weighted by Crippen LogP contribution is -1.95. The molecule has 0 bridgehead atoms. The van der Waals surface area contributed by atoms with E-state index in [2.05, 4.69) is 27.5 Å². The molecule has 0 amide bonds. The van der Waals surface area contributed by atoms with Gasteiger partial charge in [0, 0.05) is 16.5 Å². The van der Waals surface area contributed by atoms with Crippen molar-refractivity contribution in [3.8, 4) is 0 Å². The van der Waals surface area contributed by atoms with E-state index in [4.69, 9.17) is 10.5 Å².